The minimum atomic E-state index is -0.153. The maximum atomic E-state index is 12.4. The van der Waals surface area contributed by atoms with Gasteiger partial charge in [-0.25, -0.2) is 0 Å². The standard InChI is InChI=1S/C16H14Cl2N2O2S/c1-4-6-22-14-11(17)7-10(8-12(14)18)9-13-15(21)20(5-2)16(23)19(13)3/h1,7-9H,5-6H2,2-3H3/b13-9-. The second-order valence-corrected chi connectivity index (χ2v) is 5.91. The van der Waals surface area contributed by atoms with Crippen LogP contribution < -0.4 is 4.74 Å². The van der Waals surface area contributed by atoms with Crippen LogP contribution in [0.3, 0.4) is 0 Å². The lowest BCUT2D eigenvalue weighted by atomic mass is 10.1. The molecule has 2 rings (SSSR count). The molecule has 0 bridgehead atoms. The highest BCUT2D eigenvalue weighted by molar-refractivity contribution is 7.80. The van der Waals surface area contributed by atoms with Gasteiger partial charge in [0.15, 0.2) is 10.9 Å². The fourth-order valence-corrected chi connectivity index (χ4v) is 3.09. The van der Waals surface area contributed by atoms with Gasteiger partial charge in [-0.1, -0.05) is 29.1 Å². The van der Waals surface area contributed by atoms with Gasteiger partial charge in [0, 0.05) is 13.6 Å². The molecule has 0 N–H and O–H groups in total. The molecule has 1 aromatic rings. The number of thiocarbonyl (C=S) groups is 1. The van der Waals surface area contributed by atoms with E-state index in [1.54, 1.807) is 30.2 Å². The summed E-state index contributed by atoms with van der Waals surface area (Å²) in [6, 6.07) is 3.32. The van der Waals surface area contributed by atoms with Gasteiger partial charge in [0.2, 0.25) is 0 Å². The summed E-state index contributed by atoms with van der Waals surface area (Å²) < 4.78 is 5.31. The molecule has 7 heteroatoms. The molecule has 1 fully saturated rings. The highest BCUT2D eigenvalue weighted by Crippen LogP contribution is 2.35. The molecule has 1 saturated heterocycles. The summed E-state index contributed by atoms with van der Waals surface area (Å²) in [6.45, 7) is 2.45. The monoisotopic (exact) mass is 368 g/mol. The third kappa shape index (κ3) is 3.45. The number of halogens is 2. The molecule has 1 aromatic carbocycles. The molecule has 0 radical (unpaired) electrons. The highest BCUT2D eigenvalue weighted by atomic mass is 35.5. The molecule has 0 aromatic heterocycles. The second kappa shape index (κ2) is 7.22. The zero-order valence-corrected chi connectivity index (χ0v) is 14.9. The minimum Gasteiger partial charge on any atom is -0.478 e. The zero-order chi connectivity index (χ0) is 17.1. The van der Waals surface area contributed by atoms with Crippen molar-refractivity contribution in [1.29, 1.82) is 0 Å². The van der Waals surface area contributed by atoms with Gasteiger partial charge >= 0.3 is 0 Å². The average molecular weight is 369 g/mol. The Labute approximate surface area is 150 Å². The van der Waals surface area contributed by atoms with Crippen molar-refractivity contribution in [1.82, 2.24) is 9.80 Å². The van der Waals surface area contributed by atoms with Gasteiger partial charge in [-0.15, -0.1) is 6.42 Å². The smallest absolute Gasteiger partial charge is 0.276 e. The van der Waals surface area contributed by atoms with Gasteiger partial charge in [-0.05, 0) is 42.9 Å². The van der Waals surface area contributed by atoms with Crippen molar-refractivity contribution in [2.45, 2.75) is 6.92 Å². The van der Waals surface area contributed by atoms with Gasteiger partial charge in [-0.2, -0.15) is 0 Å². The number of nitrogens with zero attached hydrogens (tertiary/aromatic N) is 2. The Bertz CT molecular complexity index is 717. The van der Waals surface area contributed by atoms with Crippen LogP contribution in [0.15, 0.2) is 17.8 Å². The van der Waals surface area contributed by atoms with Crippen molar-refractivity contribution < 1.29 is 9.53 Å². The van der Waals surface area contributed by atoms with Gasteiger partial charge in [-0.3, -0.25) is 9.69 Å². The lowest BCUT2D eigenvalue weighted by Crippen LogP contribution is -2.30. The first-order chi connectivity index (χ1) is 10.9. The average Bonchev–Trinajstić information content (AvgIpc) is 2.70. The van der Waals surface area contributed by atoms with Crippen LogP contribution in [0.5, 0.6) is 5.75 Å². The number of likely N-dealkylation sites (N-methyl/N-ethyl adjacent to an activating group) is 2. The molecular formula is C16H14Cl2N2O2S. The summed E-state index contributed by atoms with van der Waals surface area (Å²) in [4.78, 5) is 15.5. The molecule has 1 heterocycles. The summed E-state index contributed by atoms with van der Waals surface area (Å²) in [5.41, 5.74) is 1.13. The Morgan fingerprint density at radius 3 is 2.48 bits per heavy atom. The van der Waals surface area contributed by atoms with Crippen LogP contribution >= 0.6 is 35.4 Å². The van der Waals surface area contributed by atoms with Gasteiger partial charge in [0.05, 0.1) is 10.0 Å². The van der Waals surface area contributed by atoms with E-state index in [1.165, 1.54) is 4.90 Å². The van der Waals surface area contributed by atoms with Crippen LogP contribution in [0.25, 0.3) is 6.08 Å². The number of terminal acetylenes is 1. The number of ether oxygens (including phenoxy) is 1. The van der Waals surface area contributed by atoms with Crippen molar-refractivity contribution in [3.8, 4) is 18.1 Å². The Kier molecular flexibility index (Phi) is 5.53. The summed E-state index contributed by atoms with van der Waals surface area (Å²) in [5.74, 6) is 2.52. The summed E-state index contributed by atoms with van der Waals surface area (Å²) in [7, 11) is 1.75. The molecule has 0 spiro atoms. The van der Waals surface area contributed by atoms with Crippen molar-refractivity contribution in [3.05, 3.63) is 33.4 Å². The van der Waals surface area contributed by atoms with E-state index < -0.39 is 0 Å². The topological polar surface area (TPSA) is 32.8 Å². The number of amides is 1. The normalized spacial score (nSPS) is 16.2. The Morgan fingerprint density at radius 1 is 1.39 bits per heavy atom. The van der Waals surface area contributed by atoms with E-state index in [1.807, 2.05) is 6.92 Å². The molecule has 4 nitrogen and oxygen atoms in total. The van der Waals surface area contributed by atoms with E-state index in [-0.39, 0.29) is 12.5 Å². The maximum absolute atomic E-state index is 12.4. The Balaban J connectivity index is 2.39. The van der Waals surface area contributed by atoms with Gasteiger partial charge in [0.25, 0.3) is 5.91 Å². The highest BCUT2D eigenvalue weighted by Gasteiger charge is 2.34. The predicted molar refractivity (Wildman–Crippen MR) is 96.5 cm³/mol. The molecule has 1 amide bonds. The third-order valence-electron chi connectivity index (χ3n) is 3.28. The van der Waals surface area contributed by atoms with E-state index in [0.29, 0.717) is 38.7 Å². The lowest BCUT2D eigenvalue weighted by molar-refractivity contribution is -0.122. The Hall–Kier alpha value is -1.74. The van der Waals surface area contributed by atoms with Crippen molar-refractivity contribution >= 4 is 52.5 Å². The van der Waals surface area contributed by atoms with E-state index in [0.717, 1.165) is 0 Å². The quantitative estimate of drug-likeness (QED) is 0.463. The van der Waals surface area contributed by atoms with Crippen LogP contribution in [0, 0.1) is 12.3 Å². The SMILES string of the molecule is C#CCOc1c(Cl)cc(/C=C2/C(=O)N(CC)C(=S)N2C)cc1Cl. The number of benzene rings is 1. The van der Waals surface area contributed by atoms with E-state index in [4.69, 9.17) is 46.6 Å². The first-order valence-corrected chi connectivity index (χ1v) is 7.93. The molecule has 0 unspecified atom stereocenters. The van der Waals surface area contributed by atoms with E-state index in [2.05, 4.69) is 5.92 Å². The molecule has 1 aliphatic heterocycles. The number of carbonyl (C=O) groups excluding carboxylic acids is 1. The van der Waals surface area contributed by atoms with Crippen LogP contribution in [0.4, 0.5) is 0 Å². The van der Waals surface area contributed by atoms with Crippen LogP contribution in [-0.2, 0) is 4.79 Å². The predicted octanol–water partition coefficient (Wildman–Crippen LogP) is 3.43. The summed E-state index contributed by atoms with van der Waals surface area (Å²) in [5, 5.41) is 1.11. The first kappa shape index (κ1) is 17.6. The molecule has 23 heavy (non-hydrogen) atoms. The third-order valence-corrected chi connectivity index (χ3v) is 4.34. The van der Waals surface area contributed by atoms with Crippen molar-refractivity contribution in [2.24, 2.45) is 0 Å². The van der Waals surface area contributed by atoms with Crippen LogP contribution in [-0.4, -0.2) is 41.0 Å². The van der Waals surface area contributed by atoms with Crippen LogP contribution in [0.2, 0.25) is 10.0 Å². The second-order valence-electron chi connectivity index (χ2n) is 4.73. The van der Waals surface area contributed by atoms with E-state index >= 15 is 0 Å². The lowest BCUT2D eigenvalue weighted by Gasteiger charge is -2.13. The molecule has 1 aliphatic rings. The zero-order valence-electron chi connectivity index (χ0n) is 12.6. The van der Waals surface area contributed by atoms with Gasteiger partial charge < -0.3 is 9.64 Å². The number of carbonyl (C=O) groups is 1. The largest absolute Gasteiger partial charge is 0.478 e. The fraction of sp³-hybridized carbons (Fsp3) is 0.250. The molecule has 0 atom stereocenters. The van der Waals surface area contributed by atoms with E-state index in [9.17, 15) is 4.79 Å². The molecule has 0 aliphatic carbocycles. The molecule has 120 valence electrons. The molecule has 0 saturated carbocycles. The summed E-state index contributed by atoms with van der Waals surface area (Å²) in [6.07, 6.45) is 6.84. The summed E-state index contributed by atoms with van der Waals surface area (Å²) >= 11 is 17.6. The number of hydrogen-bond acceptors (Lipinski definition) is 3. The fourth-order valence-electron chi connectivity index (χ4n) is 2.16. The molecular weight excluding hydrogens is 355 g/mol. The van der Waals surface area contributed by atoms with Gasteiger partial charge in [0.1, 0.15) is 12.3 Å². The number of hydrogen-bond donors (Lipinski definition) is 0. The van der Waals surface area contributed by atoms with Crippen LogP contribution in [0.1, 0.15) is 12.5 Å². The van der Waals surface area contributed by atoms with Crippen molar-refractivity contribution in [3.63, 3.8) is 0 Å². The Morgan fingerprint density at radius 2 is 2.00 bits per heavy atom. The first-order valence-electron chi connectivity index (χ1n) is 6.77. The number of rotatable bonds is 4. The van der Waals surface area contributed by atoms with Crippen molar-refractivity contribution in [2.75, 3.05) is 20.2 Å². The maximum Gasteiger partial charge on any atom is 0.276 e. The minimum absolute atomic E-state index is 0.0703.